The summed E-state index contributed by atoms with van der Waals surface area (Å²) in [6.45, 7) is 4.58. The van der Waals surface area contributed by atoms with Gasteiger partial charge in [-0.25, -0.2) is 0 Å². The summed E-state index contributed by atoms with van der Waals surface area (Å²) < 4.78 is 1.07. The largest absolute Gasteiger partial charge is 0.383 e. The maximum Gasteiger partial charge on any atom is 0.0500 e. The molecule has 0 bridgehead atoms. The molecule has 0 aromatic heterocycles. The highest BCUT2D eigenvalue weighted by Crippen LogP contribution is 2.25. The van der Waals surface area contributed by atoms with Crippen molar-refractivity contribution in [3.05, 3.63) is 27.7 Å². The van der Waals surface area contributed by atoms with Crippen molar-refractivity contribution in [2.45, 2.75) is 12.8 Å². The van der Waals surface area contributed by atoms with Crippen molar-refractivity contribution in [1.29, 1.82) is 0 Å². The van der Waals surface area contributed by atoms with Gasteiger partial charge in [-0.1, -0.05) is 11.6 Å². The van der Waals surface area contributed by atoms with Gasteiger partial charge in [0.2, 0.25) is 0 Å². The lowest BCUT2D eigenvalue weighted by molar-refractivity contribution is 0.352. The summed E-state index contributed by atoms with van der Waals surface area (Å²) in [6, 6.07) is 5.81. The number of likely N-dealkylation sites (tertiary alicyclic amines) is 1. The monoisotopic (exact) mass is 302 g/mol. The lowest BCUT2D eigenvalue weighted by atomic mass is 10.3. The molecule has 1 aliphatic rings. The molecule has 1 N–H and O–H groups in total. The first-order chi connectivity index (χ1) is 7.75. The quantitative estimate of drug-likeness (QED) is 0.914. The third-order valence-corrected chi connectivity index (χ3v) is 3.80. The van der Waals surface area contributed by atoms with Gasteiger partial charge >= 0.3 is 0 Å². The molecule has 0 atom stereocenters. The van der Waals surface area contributed by atoms with Crippen LogP contribution in [0.5, 0.6) is 0 Å². The maximum atomic E-state index is 5.95. The van der Waals surface area contributed by atoms with E-state index >= 15 is 0 Å². The van der Waals surface area contributed by atoms with Crippen LogP contribution in [0.15, 0.2) is 22.7 Å². The molecule has 2 nitrogen and oxygen atoms in total. The fourth-order valence-corrected chi connectivity index (χ4v) is 2.55. The molecular formula is C12H16BrClN2. The minimum atomic E-state index is 0.770. The number of hydrogen-bond donors (Lipinski definition) is 1. The molecule has 4 heteroatoms. The minimum Gasteiger partial charge on any atom is -0.383 e. The van der Waals surface area contributed by atoms with Crippen LogP contribution in [0.1, 0.15) is 12.8 Å². The first-order valence-electron chi connectivity index (χ1n) is 5.67. The summed E-state index contributed by atoms with van der Waals surface area (Å²) in [4.78, 5) is 2.49. The molecule has 1 heterocycles. The predicted octanol–water partition coefficient (Wildman–Crippen LogP) is 3.61. The summed E-state index contributed by atoms with van der Waals surface area (Å²) in [5.41, 5.74) is 1.08. The van der Waals surface area contributed by atoms with Crippen LogP contribution in [-0.2, 0) is 0 Å². The van der Waals surface area contributed by atoms with E-state index in [2.05, 4.69) is 26.1 Å². The fraction of sp³-hybridized carbons (Fsp3) is 0.500. The summed E-state index contributed by atoms with van der Waals surface area (Å²) >= 11 is 9.46. The van der Waals surface area contributed by atoms with Gasteiger partial charge in [0.1, 0.15) is 0 Å². The third kappa shape index (κ3) is 3.37. The van der Waals surface area contributed by atoms with Gasteiger partial charge in [-0.3, -0.25) is 0 Å². The molecule has 0 amide bonds. The second-order valence-electron chi connectivity index (χ2n) is 4.10. The van der Waals surface area contributed by atoms with Crippen LogP contribution in [-0.4, -0.2) is 31.1 Å². The van der Waals surface area contributed by atoms with Gasteiger partial charge in [0, 0.05) is 28.3 Å². The van der Waals surface area contributed by atoms with Crippen LogP contribution in [0.2, 0.25) is 5.02 Å². The number of hydrogen-bond acceptors (Lipinski definition) is 2. The topological polar surface area (TPSA) is 15.3 Å². The number of anilines is 1. The Bertz CT molecular complexity index is 351. The Labute approximate surface area is 110 Å². The molecule has 0 unspecified atom stereocenters. The lowest BCUT2D eigenvalue weighted by Gasteiger charge is -2.16. The Hall–Kier alpha value is -0.250. The minimum absolute atomic E-state index is 0.770. The van der Waals surface area contributed by atoms with Gasteiger partial charge in [0.15, 0.2) is 0 Å². The van der Waals surface area contributed by atoms with E-state index in [0.717, 1.165) is 28.3 Å². The lowest BCUT2D eigenvalue weighted by Crippen LogP contribution is -2.26. The molecule has 1 aromatic rings. The molecule has 0 saturated carbocycles. The third-order valence-electron chi connectivity index (χ3n) is 2.87. The van der Waals surface area contributed by atoms with E-state index in [-0.39, 0.29) is 0 Å². The SMILES string of the molecule is Clc1ccc(Br)c(NCCN2CCCC2)c1. The van der Waals surface area contributed by atoms with Gasteiger partial charge in [-0.05, 0) is 60.1 Å². The van der Waals surface area contributed by atoms with Crippen molar-refractivity contribution in [3.8, 4) is 0 Å². The van der Waals surface area contributed by atoms with Crippen LogP contribution in [0.25, 0.3) is 0 Å². The van der Waals surface area contributed by atoms with E-state index in [9.17, 15) is 0 Å². The van der Waals surface area contributed by atoms with E-state index < -0.39 is 0 Å². The Kier molecular flexibility index (Phi) is 4.50. The molecule has 16 heavy (non-hydrogen) atoms. The number of nitrogens with one attached hydrogen (secondary N) is 1. The highest BCUT2D eigenvalue weighted by atomic mass is 79.9. The average Bonchev–Trinajstić information content (AvgIpc) is 2.76. The molecule has 0 aliphatic carbocycles. The van der Waals surface area contributed by atoms with E-state index in [0.29, 0.717) is 0 Å². The summed E-state index contributed by atoms with van der Waals surface area (Å²) in [5.74, 6) is 0. The zero-order chi connectivity index (χ0) is 11.4. The molecule has 88 valence electrons. The second kappa shape index (κ2) is 5.89. The number of benzene rings is 1. The molecular weight excluding hydrogens is 288 g/mol. The highest BCUT2D eigenvalue weighted by Gasteiger charge is 2.10. The molecule has 0 spiro atoms. The summed E-state index contributed by atoms with van der Waals surface area (Å²) in [6.07, 6.45) is 2.70. The molecule has 1 aliphatic heterocycles. The van der Waals surface area contributed by atoms with Gasteiger partial charge < -0.3 is 10.2 Å². The molecule has 1 aromatic carbocycles. The number of nitrogens with zero attached hydrogens (tertiary/aromatic N) is 1. The number of halogens is 2. The first-order valence-corrected chi connectivity index (χ1v) is 6.84. The Morgan fingerprint density at radius 1 is 1.31 bits per heavy atom. The zero-order valence-electron chi connectivity index (χ0n) is 9.18. The van der Waals surface area contributed by atoms with Crippen LogP contribution in [0.4, 0.5) is 5.69 Å². The summed E-state index contributed by atoms with van der Waals surface area (Å²) in [7, 11) is 0. The predicted molar refractivity (Wildman–Crippen MR) is 73.3 cm³/mol. The van der Waals surface area contributed by atoms with Gasteiger partial charge in [-0.15, -0.1) is 0 Å². The first kappa shape index (κ1) is 12.2. The normalized spacial score (nSPS) is 16.6. The van der Waals surface area contributed by atoms with Crippen molar-refractivity contribution in [2.24, 2.45) is 0 Å². The van der Waals surface area contributed by atoms with Gasteiger partial charge in [0.05, 0.1) is 0 Å². The smallest absolute Gasteiger partial charge is 0.0500 e. The Morgan fingerprint density at radius 2 is 2.06 bits per heavy atom. The molecule has 2 rings (SSSR count). The van der Waals surface area contributed by atoms with Crippen molar-refractivity contribution in [1.82, 2.24) is 4.90 Å². The summed E-state index contributed by atoms with van der Waals surface area (Å²) in [5, 5.41) is 4.18. The van der Waals surface area contributed by atoms with E-state index in [1.807, 2.05) is 18.2 Å². The van der Waals surface area contributed by atoms with Crippen molar-refractivity contribution in [2.75, 3.05) is 31.5 Å². The maximum absolute atomic E-state index is 5.95. The molecule has 1 fully saturated rings. The second-order valence-corrected chi connectivity index (χ2v) is 5.39. The van der Waals surface area contributed by atoms with Gasteiger partial charge in [0.25, 0.3) is 0 Å². The van der Waals surface area contributed by atoms with Crippen molar-refractivity contribution < 1.29 is 0 Å². The molecule has 0 radical (unpaired) electrons. The average molecular weight is 304 g/mol. The Morgan fingerprint density at radius 3 is 2.81 bits per heavy atom. The zero-order valence-corrected chi connectivity index (χ0v) is 11.5. The number of rotatable bonds is 4. The van der Waals surface area contributed by atoms with E-state index in [1.54, 1.807) is 0 Å². The fourth-order valence-electron chi connectivity index (χ4n) is 1.99. The standard InChI is InChI=1S/C12H16BrClN2/c13-11-4-3-10(14)9-12(11)15-5-8-16-6-1-2-7-16/h3-4,9,15H,1-2,5-8H2. The van der Waals surface area contributed by atoms with Crippen LogP contribution >= 0.6 is 27.5 Å². The van der Waals surface area contributed by atoms with Crippen molar-refractivity contribution >= 4 is 33.2 Å². The van der Waals surface area contributed by atoms with Crippen molar-refractivity contribution in [3.63, 3.8) is 0 Å². The van der Waals surface area contributed by atoms with Crippen LogP contribution in [0.3, 0.4) is 0 Å². The van der Waals surface area contributed by atoms with E-state index in [1.165, 1.54) is 25.9 Å². The highest BCUT2D eigenvalue weighted by molar-refractivity contribution is 9.10. The van der Waals surface area contributed by atoms with Crippen LogP contribution in [0, 0.1) is 0 Å². The van der Waals surface area contributed by atoms with Gasteiger partial charge in [-0.2, -0.15) is 0 Å². The Balaban J connectivity index is 1.82. The van der Waals surface area contributed by atoms with Crippen LogP contribution < -0.4 is 5.32 Å². The molecule has 1 saturated heterocycles. The van der Waals surface area contributed by atoms with E-state index in [4.69, 9.17) is 11.6 Å².